The number of hydrogen-bond donors (Lipinski definition) is 2. The van der Waals surface area contributed by atoms with E-state index in [1.807, 2.05) is 71.3 Å². The maximum Gasteiger partial charge on any atom is 0.259 e. The lowest BCUT2D eigenvalue weighted by Gasteiger charge is -2.13. The van der Waals surface area contributed by atoms with Gasteiger partial charge in [-0.2, -0.15) is 0 Å². The van der Waals surface area contributed by atoms with Gasteiger partial charge in [0, 0.05) is 5.02 Å². The van der Waals surface area contributed by atoms with Crippen LogP contribution in [0.5, 0.6) is 5.75 Å². The lowest BCUT2D eigenvalue weighted by atomic mass is 9.94. The minimum absolute atomic E-state index is 0.123. The molecule has 5 rings (SSSR count). The summed E-state index contributed by atoms with van der Waals surface area (Å²) >= 11 is 7.78. The van der Waals surface area contributed by atoms with Gasteiger partial charge in [-0.1, -0.05) is 48.9 Å². The molecule has 1 unspecified atom stereocenters. The highest BCUT2D eigenvalue weighted by Gasteiger charge is 2.20. The molecule has 6 nitrogen and oxygen atoms in total. The van der Waals surface area contributed by atoms with Crippen LogP contribution in [0.1, 0.15) is 33.6 Å². The van der Waals surface area contributed by atoms with Crippen LogP contribution in [0.3, 0.4) is 0 Å². The summed E-state index contributed by atoms with van der Waals surface area (Å²) in [5.41, 5.74) is 18.1. The van der Waals surface area contributed by atoms with Gasteiger partial charge in [0.15, 0.2) is 0 Å². The molecular formula is C28H25ClN4O2S. The van der Waals surface area contributed by atoms with Gasteiger partial charge in [-0.3, -0.25) is 9.36 Å². The third-order valence-electron chi connectivity index (χ3n) is 6.33. The number of benzene rings is 3. The minimum Gasteiger partial charge on any atom is -0.495 e. The first-order valence-corrected chi connectivity index (χ1v) is 12.6. The number of nitrogen functional groups attached to an aromatic ring is 1. The Morgan fingerprint density at radius 3 is 2.58 bits per heavy atom. The van der Waals surface area contributed by atoms with E-state index in [-0.39, 0.29) is 5.92 Å². The van der Waals surface area contributed by atoms with Crippen molar-refractivity contribution in [3.8, 4) is 21.9 Å². The number of anilines is 1. The molecule has 0 saturated heterocycles. The van der Waals surface area contributed by atoms with Crippen LogP contribution in [0.25, 0.3) is 27.2 Å². The van der Waals surface area contributed by atoms with Crippen molar-refractivity contribution < 1.29 is 9.53 Å². The first kappa shape index (κ1) is 23.9. The van der Waals surface area contributed by atoms with Gasteiger partial charge in [-0.05, 0) is 71.0 Å². The summed E-state index contributed by atoms with van der Waals surface area (Å²) in [6, 6.07) is 21.6. The smallest absolute Gasteiger partial charge is 0.259 e. The van der Waals surface area contributed by atoms with E-state index in [1.54, 1.807) is 13.4 Å². The Morgan fingerprint density at radius 1 is 1.11 bits per heavy atom. The molecule has 0 saturated carbocycles. The highest BCUT2D eigenvalue weighted by Crippen LogP contribution is 2.35. The molecule has 2 aromatic heterocycles. The number of carbonyl (C=O) groups excluding carboxylic acids is 1. The molecule has 0 bridgehead atoms. The van der Waals surface area contributed by atoms with Crippen LogP contribution in [-0.4, -0.2) is 22.6 Å². The Hall–Kier alpha value is -3.81. The molecule has 36 heavy (non-hydrogen) atoms. The topological polar surface area (TPSA) is 96.2 Å². The average molecular weight is 517 g/mol. The fourth-order valence-corrected chi connectivity index (χ4v) is 5.84. The van der Waals surface area contributed by atoms with E-state index < -0.39 is 5.91 Å². The number of ether oxygens (including phenoxy) is 1. The number of rotatable bonds is 7. The second-order valence-corrected chi connectivity index (χ2v) is 10.1. The molecular weight excluding hydrogens is 492 g/mol. The zero-order valence-electron chi connectivity index (χ0n) is 19.9. The van der Waals surface area contributed by atoms with Crippen LogP contribution < -0.4 is 16.2 Å². The van der Waals surface area contributed by atoms with Gasteiger partial charge in [0.1, 0.15) is 17.1 Å². The molecule has 0 radical (unpaired) electrons. The maximum atomic E-state index is 12.3. The largest absolute Gasteiger partial charge is 0.495 e. The number of methoxy groups -OCH3 is 1. The second kappa shape index (κ2) is 9.68. The predicted molar refractivity (Wildman–Crippen MR) is 147 cm³/mol. The number of nitrogens with two attached hydrogens (primary N) is 2. The number of amides is 1. The van der Waals surface area contributed by atoms with Gasteiger partial charge in [-0.25, -0.2) is 4.98 Å². The number of thiophene rings is 1. The van der Waals surface area contributed by atoms with E-state index in [2.05, 4.69) is 11.9 Å². The zero-order chi connectivity index (χ0) is 25.4. The first-order chi connectivity index (χ1) is 17.4. The monoisotopic (exact) mass is 516 g/mol. The summed E-state index contributed by atoms with van der Waals surface area (Å²) in [4.78, 5) is 17.5. The lowest BCUT2D eigenvalue weighted by molar-refractivity contribution is 0.100. The summed E-state index contributed by atoms with van der Waals surface area (Å²) in [7, 11) is 1.60. The highest BCUT2D eigenvalue weighted by atomic mass is 35.5. The van der Waals surface area contributed by atoms with Crippen LogP contribution in [0.2, 0.25) is 5.02 Å². The molecule has 182 valence electrons. The fraction of sp³-hybridized carbons (Fsp3) is 0.143. The summed E-state index contributed by atoms with van der Waals surface area (Å²) in [6.45, 7) is 2.10. The SMILES string of the molecule is COc1ccc(-c2ccc3c(c2)ncn3-c2cc(CC(C)c3ccccc3Cl)c(C(N)=O)s2)cc1N. The third kappa shape index (κ3) is 4.43. The van der Waals surface area contributed by atoms with Gasteiger partial charge < -0.3 is 16.2 Å². The number of aromatic nitrogens is 2. The van der Waals surface area contributed by atoms with Crippen molar-refractivity contribution in [1.29, 1.82) is 0 Å². The Morgan fingerprint density at radius 2 is 1.86 bits per heavy atom. The maximum absolute atomic E-state index is 12.3. The van der Waals surface area contributed by atoms with E-state index in [0.29, 0.717) is 22.7 Å². The van der Waals surface area contributed by atoms with Gasteiger partial charge in [0.2, 0.25) is 0 Å². The van der Waals surface area contributed by atoms with Crippen LogP contribution in [0, 0.1) is 0 Å². The number of nitrogens with zero attached hydrogens (tertiary/aromatic N) is 2. The fourth-order valence-electron chi connectivity index (χ4n) is 4.49. The van der Waals surface area contributed by atoms with Crippen molar-refractivity contribution in [3.63, 3.8) is 0 Å². The summed E-state index contributed by atoms with van der Waals surface area (Å²) in [6.07, 6.45) is 2.42. The number of halogens is 1. The van der Waals surface area contributed by atoms with Crippen LogP contribution >= 0.6 is 22.9 Å². The van der Waals surface area contributed by atoms with Crippen molar-refractivity contribution in [2.45, 2.75) is 19.3 Å². The van der Waals surface area contributed by atoms with E-state index in [0.717, 1.165) is 43.3 Å². The minimum atomic E-state index is -0.434. The van der Waals surface area contributed by atoms with Crippen LogP contribution in [0.15, 0.2) is 73.1 Å². The molecule has 1 amide bonds. The normalized spacial score (nSPS) is 12.1. The van der Waals surface area contributed by atoms with E-state index in [9.17, 15) is 4.79 Å². The first-order valence-electron chi connectivity index (χ1n) is 11.4. The van der Waals surface area contributed by atoms with Crippen LogP contribution in [-0.2, 0) is 6.42 Å². The van der Waals surface area contributed by atoms with Gasteiger partial charge in [0.25, 0.3) is 5.91 Å². The number of imidazole rings is 1. The molecule has 1 atom stereocenters. The lowest BCUT2D eigenvalue weighted by Crippen LogP contribution is -2.12. The Kier molecular flexibility index (Phi) is 6.43. The van der Waals surface area contributed by atoms with Crippen molar-refractivity contribution in [3.05, 3.63) is 94.1 Å². The van der Waals surface area contributed by atoms with E-state index in [4.69, 9.17) is 27.8 Å². The Labute approximate surface area is 218 Å². The number of primary amides is 1. The molecule has 0 aliphatic rings. The zero-order valence-corrected chi connectivity index (χ0v) is 21.4. The quantitative estimate of drug-likeness (QED) is 0.243. The molecule has 4 N–H and O–H groups in total. The molecule has 0 spiro atoms. The van der Waals surface area contributed by atoms with Gasteiger partial charge in [0.05, 0.1) is 28.7 Å². The highest BCUT2D eigenvalue weighted by molar-refractivity contribution is 7.16. The number of fused-ring (bicyclic) bond motifs is 1. The number of carbonyl (C=O) groups is 1. The van der Waals surface area contributed by atoms with Crippen molar-refractivity contribution in [2.75, 3.05) is 12.8 Å². The average Bonchev–Trinajstić information content (AvgIpc) is 3.48. The molecule has 3 aromatic carbocycles. The van der Waals surface area contributed by atoms with Crippen molar-refractivity contribution >= 4 is 45.6 Å². The standard InChI is InChI=1S/C28H25ClN4O2S/c1-16(20-5-3-4-6-21(20)29)11-19-14-26(36-27(19)28(31)34)33-15-32-23-13-18(7-9-24(23)33)17-8-10-25(35-2)22(30)12-17/h3-10,12-16H,11,30H2,1-2H3,(H2,31,34). The van der Waals surface area contributed by atoms with Gasteiger partial charge >= 0.3 is 0 Å². The summed E-state index contributed by atoms with van der Waals surface area (Å²) < 4.78 is 7.25. The number of hydrogen-bond acceptors (Lipinski definition) is 5. The summed E-state index contributed by atoms with van der Waals surface area (Å²) in [5.74, 6) is 0.335. The predicted octanol–water partition coefficient (Wildman–Crippen LogP) is 6.44. The van der Waals surface area contributed by atoms with Crippen molar-refractivity contribution in [2.24, 2.45) is 5.73 Å². The van der Waals surface area contributed by atoms with Gasteiger partial charge in [-0.15, -0.1) is 11.3 Å². The molecule has 0 fully saturated rings. The van der Waals surface area contributed by atoms with Crippen molar-refractivity contribution in [1.82, 2.24) is 9.55 Å². The molecule has 8 heteroatoms. The Bertz CT molecular complexity index is 1590. The molecule has 0 aliphatic heterocycles. The molecule has 5 aromatic rings. The van der Waals surface area contributed by atoms with E-state index >= 15 is 0 Å². The third-order valence-corrected chi connectivity index (χ3v) is 7.87. The van der Waals surface area contributed by atoms with Crippen LogP contribution in [0.4, 0.5) is 5.69 Å². The summed E-state index contributed by atoms with van der Waals surface area (Å²) in [5, 5.41) is 1.60. The molecule has 2 heterocycles. The van der Waals surface area contributed by atoms with E-state index in [1.165, 1.54) is 11.3 Å². The second-order valence-electron chi connectivity index (χ2n) is 8.70. The Balaban J connectivity index is 1.49. The molecule has 0 aliphatic carbocycles.